The summed E-state index contributed by atoms with van der Waals surface area (Å²) in [4.78, 5) is 15.4. The Bertz CT molecular complexity index is 767. The molecule has 2 aromatic carbocycles. The predicted molar refractivity (Wildman–Crippen MR) is 116 cm³/mol. The minimum Gasteiger partial charge on any atom is -0.336 e. The summed E-state index contributed by atoms with van der Waals surface area (Å²) in [5.41, 5.74) is 3.86. The Kier molecular flexibility index (Phi) is 6.75. The van der Waals surface area contributed by atoms with Gasteiger partial charge in [-0.05, 0) is 61.8 Å². The van der Waals surface area contributed by atoms with Gasteiger partial charge in [0.05, 0.1) is 6.04 Å². The zero-order valence-electron chi connectivity index (χ0n) is 16.6. The van der Waals surface area contributed by atoms with Crippen molar-refractivity contribution in [2.45, 2.75) is 58.4 Å². The zero-order valence-corrected chi connectivity index (χ0v) is 18.2. The molecule has 0 aliphatic heterocycles. The molecule has 3 rings (SSSR count). The monoisotopic (exact) mass is 427 g/mol. The first-order chi connectivity index (χ1) is 13.0. The van der Waals surface area contributed by atoms with E-state index >= 15 is 0 Å². The molecule has 1 unspecified atom stereocenters. The van der Waals surface area contributed by atoms with Crippen LogP contribution in [0.3, 0.4) is 0 Å². The first kappa shape index (κ1) is 20.1. The van der Waals surface area contributed by atoms with Crippen molar-refractivity contribution in [2.24, 2.45) is 5.92 Å². The van der Waals surface area contributed by atoms with Gasteiger partial charge in [0.15, 0.2) is 0 Å². The number of nitrogens with zero attached hydrogens (tertiary/aromatic N) is 1. The van der Waals surface area contributed by atoms with Crippen molar-refractivity contribution in [3.63, 3.8) is 0 Å². The van der Waals surface area contributed by atoms with Gasteiger partial charge in [-0.25, -0.2) is 0 Å². The number of carbonyl (C=O) groups excluding carboxylic acids is 1. The Morgan fingerprint density at radius 1 is 1.19 bits per heavy atom. The minimum absolute atomic E-state index is 0.138. The first-order valence-corrected chi connectivity index (χ1v) is 10.9. The van der Waals surface area contributed by atoms with Crippen molar-refractivity contribution in [3.05, 3.63) is 69.7 Å². The summed E-state index contributed by atoms with van der Waals surface area (Å²) in [6, 6.07) is 17.1. The van der Waals surface area contributed by atoms with Crippen LogP contribution >= 0.6 is 15.9 Å². The van der Waals surface area contributed by atoms with E-state index in [4.69, 9.17) is 0 Å². The fourth-order valence-electron chi connectivity index (χ4n) is 3.98. The van der Waals surface area contributed by atoms with Crippen molar-refractivity contribution >= 4 is 21.8 Å². The first-order valence-electron chi connectivity index (χ1n) is 10.1. The summed E-state index contributed by atoms with van der Waals surface area (Å²) < 4.78 is 1.15. The number of rotatable bonds is 7. The molecule has 0 heterocycles. The van der Waals surface area contributed by atoms with E-state index in [0.29, 0.717) is 11.8 Å². The smallest absolute Gasteiger partial charge is 0.226 e. The summed E-state index contributed by atoms with van der Waals surface area (Å²) >= 11 is 3.57. The lowest BCUT2D eigenvalue weighted by molar-refractivity contribution is -0.141. The lowest BCUT2D eigenvalue weighted by atomic mass is 9.70. The maximum Gasteiger partial charge on any atom is 0.226 e. The van der Waals surface area contributed by atoms with Crippen LogP contribution < -0.4 is 0 Å². The minimum atomic E-state index is 0.138. The van der Waals surface area contributed by atoms with Gasteiger partial charge >= 0.3 is 0 Å². The number of aryl methyl sites for hydroxylation is 1. The van der Waals surface area contributed by atoms with Gasteiger partial charge in [-0.3, -0.25) is 4.79 Å². The van der Waals surface area contributed by atoms with Gasteiger partial charge in [0, 0.05) is 16.9 Å². The Labute approximate surface area is 172 Å². The van der Waals surface area contributed by atoms with E-state index < -0.39 is 0 Å². The topological polar surface area (TPSA) is 20.3 Å². The largest absolute Gasteiger partial charge is 0.336 e. The van der Waals surface area contributed by atoms with Gasteiger partial charge in [-0.1, -0.05) is 71.7 Å². The molecule has 27 heavy (non-hydrogen) atoms. The summed E-state index contributed by atoms with van der Waals surface area (Å²) in [6.45, 7) is 7.33. The van der Waals surface area contributed by atoms with E-state index in [1.54, 1.807) is 0 Å². The van der Waals surface area contributed by atoms with Crippen LogP contribution in [0.4, 0.5) is 0 Å². The molecule has 144 valence electrons. The lowest BCUT2D eigenvalue weighted by Gasteiger charge is -2.40. The third kappa shape index (κ3) is 4.63. The molecule has 1 saturated carbocycles. The molecule has 1 fully saturated rings. The van der Waals surface area contributed by atoms with Crippen LogP contribution in [-0.2, 0) is 4.79 Å². The van der Waals surface area contributed by atoms with Gasteiger partial charge in [0.1, 0.15) is 0 Å². The lowest BCUT2D eigenvalue weighted by Crippen LogP contribution is -2.43. The average molecular weight is 428 g/mol. The quantitative estimate of drug-likeness (QED) is 0.484. The van der Waals surface area contributed by atoms with Crippen molar-refractivity contribution < 1.29 is 4.79 Å². The number of amides is 1. The van der Waals surface area contributed by atoms with E-state index in [0.717, 1.165) is 36.7 Å². The van der Waals surface area contributed by atoms with Gasteiger partial charge in [-0.15, -0.1) is 0 Å². The van der Waals surface area contributed by atoms with Crippen molar-refractivity contribution in [2.75, 3.05) is 6.54 Å². The molecule has 0 N–H and O–H groups in total. The third-order valence-corrected chi connectivity index (χ3v) is 6.82. The Hall–Kier alpha value is -1.61. The maximum atomic E-state index is 13.3. The van der Waals surface area contributed by atoms with Gasteiger partial charge in [0.2, 0.25) is 5.91 Å². The second-order valence-corrected chi connectivity index (χ2v) is 8.70. The second kappa shape index (κ2) is 9.05. The standard InChI is InChI=1S/C24H30BrNO/c1-4-5-13-26(18(3)19-9-7-6-8-10-19)24(27)22-15-21(16-22)20-11-12-23(25)17(2)14-20/h6-12,14,18,21-22H,4-5,13,15-16H2,1-3H3. The van der Waals surface area contributed by atoms with Crippen molar-refractivity contribution in [1.82, 2.24) is 4.90 Å². The van der Waals surface area contributed by atoms with Crippen LogP contribution in [0.15, 0.2) is 53.0 Å². The number of hydrogen-bond donors (Lipinski definition) is 0. The molecule has 2 nitrogen and oxygen atoms in total. The van der Waals surface area contributed by atoms with Gasteiger partial charge in [0.25, 0.3) is 0 Å². The number of benzene rings is 2. The van der Waals surface area contributed by atoms with Gasteiger partial charge in [-0.2, -0.15) is 0 Å². The highest BCUT2D eigenvalue weighted by Crippen LogP contribution is 2.44. The van der Waals surface area contributed by atoms with E-state index in [1.165, 1.54) is 16.7 Å². The SMILES string of the molecule is CCCCN(C(=O)C1CC(c2ccc(Br)c(C)c2)C1)C(C)c1ccccc1. The van der Waals surface area contributed by atoms with Crippen LogP contribution in [0.25, 0.3) is 0 Å². The molecule has 2 aromatic rings. The fourth-order valence-corrected chi connectivity index (χ4v) is 4.23. The molecule has 1 atom stereocenters. The molecule has 0 aromatic heterocycles. The van der Waals surface area contributed by atoms with E-state index in [1.807, 2.05) is 6.07 Å². The molecular weight excluding hydrogens is 398 g/mol. The highest BCUT2D eigenvalue weighted by Gasteiger charge is 2.38. The summed E-state index contributed by atoms with van der Waals surface area (Å²) in [6.07, 6.45) is 4.12. The number of carbonyl (C=O) groups is 1. The number of hydrogen-bond acceptors (Lipinski definition) is 1. The fraction of sp³-hybridized carbons (Fsp3) is 0.458. The van der Waals surface area contributed by atoms with E-state index in [9.17, 15) is 4.79 Å². The highest BCUT2D eigenvalue weighted by atomic mass is 79.9. The van der Waals surface area contributed by atoms with Crippen LogP contribution in [0.2, 0.25) is 0 Å². The molecule has 0 radical (unpaired) electrons. The number of unbranched alkanes of at least 4 members (excludes halogenated alkanes) is 1. The Morgan fingerprint density at radius 2 is 1.89 bits per heavy atom. The maximum absolute atomic E-state index is 13.3. The summed E-state index contributed by atoms with van der Waals surface area (Å²) in [5, 5.41) is 0. The third-order valence-electron chi connectivity index (χ3n) is 5.93. The molecule has 1 aliphatic rings. The van der Waals surface area contributed by atoms with Crippen molar-refractivity contribution in [1.29, 1.82) is 0 Å². The zero-order chi connectivity index (χ0) is 19.4. The van der Waals surface area contributed by atoms with E-state index in [-0.39, 0.29) is 12.0 Å². The highest BCUT2D eigenvalue weighted by molar-refractivity contribution is 9.10. The molecule has 3 heteroatoms. The molecule has 0 bridgehead atoms. The summed E-state index contributed by atoms with van der Waals surface area (Å²) in [7, 11) is 0. The molecule has 1 amide bonds. The number of halogens is 1. The molecular formula is C24H30BrNO. The molecule has 1 aliphatic carbocycles. The van der Waals surface area contributed by atoms with E-state index in [2.05, 4.69) is 84.1 Å². The van der Waals surface area contributed by atoms with Crippen LogP contribution in [0.1, 0.15) is 68.2 Å². The van der Waals surface area contributed by atoms with Gasteiger partial charge < -0.3 is 4.90 Å². The second-order valence-electron chi connectivity index (χ2n) is 7.85. The normalized spacial score (nSPS) is 20.0. The molecule has 0 saturated heterocycles. The van der Waals surface area contributed by atoms with Crippen molar-refractivity contribution in [3.8, 4) is 0 Å². The molecule has 0 spiro atoms. The Balaban J connectivity index is 1.67. The van der Waals surface area contributed by atoms with Crippen LogP contribution in [0, 0.1) is 12.8 Å². The Morgan fingerprint density at radius 3 is 2.52 bits per heavy atom. The average Bonchev–Trinajstić information content (AvgIpc) is 2.64. The van der Waals surface area contributed by atoms with Crippen LogP contribution in [-0.4, -0.2) is 17.4 Å². The summed E-state index contributed by atoms with van der Waals surface area (Å²) in [5.74, 6) is 1.03. The predicted octanol–water partition coefficient (Wildman–Crippen LogP) is 6.64. The van der Waals surface area contributed by atoms with Crippen LogP contribution in [0.5, 0.6) is 0 Å².